The van der Waals surface area contributed by atoms with Crippen molar-refractivity contribution in [2.75, 3.05) is 0 Å². The zero-order valence-electron chi connectivity index (χ0n) is 18.2. The third-order valence-electron chi connectivity index (χ3n) is 5.75. The van der Waals surface area contributed by atoms with Gasteiger partial charge in [-0.05, 0) is 59.9 Å². The molecule has 34 heavy (non-hydrogen) atoms. The Morgan fingerprint density at radius 2 is 1.88 bits per heavy atom. The number of nitrogens with zero attached hydrogens (tertiary/aromatic N) is 5. The van der Waals surface area contributed by atoms with Gasteiger partial charge in [0.2, 0.25) is 5.60 Å². The minimum atomic E-state index is -4.89. The van der Waals surface area contributed by atoms with Crippen LogP contribution in [0.2, 0.25) is 0 Å². The maximum absolute atomic E-state index is 13.7. The molecule has 4 rings (SSSR count). The van der Waals surface area contributed by atoms with E-state index in [4.69, 9.17) is 0 Å². The van der Waals surface area contributed by atoms with E-state index in [2.05, 4.69) is 15.3 Å². The minimum Gasteiger partial charge on any atom is -0.375 e. The maximum Gasteiger partial charge on any atom is 0.423 e. The first kappa shape index (κ1) is 23.3. The number of aliphatic hydroxyl groups is 1. The number of nitriles is 1. The summed E-state index contributed by atoms with van der Waals surface area (Å²) in [4.78, 5) is 4.34. The van der Waals surface area contributed by atoms with Crippen LogP contribution in [0.4, 0.5) is 17.6 Å². The van der Waals surface area contributed by atoms with Crippen LogP contribution >= 0.6 is 0 Å². The highest BCUT2D eigenvalue weighted by atomic mass is 19.4. The number of hydrogen-bond donors (Lipinski definition) is 1. The van der Waals surface area contributed by atoms with Crippen molar-refractivity contribution in [2.24, 2.45) is 0 Å². The van der Waals surface area contributed by atoms with Crippen LogP contribution in [0.25, 0.3) is 22.0 Å². The molecule has 2 aromatic heterocycles. The van der Waals surface area contributed by atoms with Crippen molar-refractivity contribution in [1.29, 1.82) is 5.26 Å². The monoisotopic (exact) mass is 469 g/mol. The fraction of sp³-hybridized carbons (Fsp3) is 0.250. The second-order valence-electron chi connectivity index (χ2n) is 8.00. The van der Waals surface area contributed by atoms with Gasteiger partial charge in [0.25, 0.3) is 0 Å². The van der Waals surface area contributed by atoms with Crippen molar-refractivity contribution in [3.8, 4) is 17.2 Å². The summed E-state index contributed by atoms with van der Waals surface area (Å²) in [6, 6.07) is 13.6. The standard InChI is InChI=1S/C24H19F4N5O/c1-3-23(34,24(26,27)28)22-13-33(32-31-22)12-15-4-6-18-19(10-17(11-29)30-21(18)9-15)16-5-7-20(25)14(2)8-16/h4-10,13,34H,3,12H2,1-2H3/t23-/m0/s1. The lowest BCUT2D eigenvalue weighted by molar-refractivity contribution is -0.269. The van der Waals surface area contributed by atoms with E-state index in [1.54, 1.807) is 43.3 Å². The lowest BCUT2D eigenvalue weighted by atomic mass is 9.96. The molecule has 0 fully saturated rings. The van der Waals surface area contributed by atoms with Crippen LogP contribution in [0.5, 0.6) is 0 Å². The van der Waals surface area contributed by atoms with E-state index in [0.717, 1.165) is 17.1 Å². The molecule has 1 atom stereocenters. The summed E-state index contributed by atoms with van der Waals surface area (Å²) in [6.07, 6.45) is -4.43. The van der Waals surface area contributed by atoms with Gasteiger partial charge in [-0.3, -0.25) is 0 Å². The highest BCUT2D eigenvalue weighted by Gasteiger charge is 2.55. The van der Waals surface area contributed by atoms with E-state index >= 15 is 0 Å². The quantitative estimate of drug-likeness (QED) is 0.415. The molecule has 0 saturated carbocycles. The van der Waals surface area contributed by atoms with Gasteiger partial charge in [0.05, 0.1) is 18.3 Å². The van der Waals surface area contributed by atoms with E-state index in [0.29, 0.717) is 22.2 Å². The van der Waals surface area contributed by atoms with Gasteiger partial charge >= 0.3 is 6.18 Å². The van der Waals surface area contributed by atoms with Gasteiger partial charge < -0.3 is 5.11 Å². The number of aromatic nitrogens is 4. The molecule has 0 unspecified atom stereocenters. The maximum atomic E-state index is 13.7. The van der Waals surface area contributed by atoms with Crippen LogP contribution in [-0.2, 0) is 12.1 Å². The van der Waals surface area contributed by atoms with Gasteiger partial charge in [-0.2, -0.15) is 18.4 Å². The first-order valence-corrected chi connectivity index (χ1v) is 10.4. The van der Waals surface area contributed by atoms with E-state index in [9.17, 15) is 27.9 Å². The molecule has 0 radical (unpaired) electrons. The van der Waals surface area contributed by atoms with Gasteiger partial charge in [-0.25, -0.2) is 14.1 Å². The molecule has 2 heterocycles. The number of pyridine rings is 1. The second kappa shape index (κ2) is 8.50. The van der Waals surface area contributed by atoms with Crippen molar-refractivity contribution in [3.05, 3.63) is 77.0 Å². The first-order valence-electron chi connectivity index (χ1n) is 10.4. The molecule has 0 aliphatic carbocycles. The Balaban J connectivity index is 1.72. The molecule has 0 spiro atoms. The number of hydrogen-bond acceptors (Lipinski definition) is 5. The van der Waals surface area contributed by atoms with Crippen molar-refractivity contribution < 1.29 is 22.7 Å². The molecule has 174 valence electrons. The van der Waals surface area contributed by atoms with Crippen molar-refractivity contribution >= 4 is 10.9 Å². The first-order chi connectivity index (χ1) is 16.1. The third-order valence-corrected chi connectivity index (χ3v) is 5.75. The highest BCUT2D eigenvalue weighted by Crippen LogP contribution is 2.40. The molecule has 0 aliphatic heterocycles. The second-order valence-corrected chi connectivity index (χ2v) is 8.00. The summed E-state index contributed by atoms with van der Waals surface area (Å²) in [6.45, 7) is 2.94. The van der Waals surface area contributed by atoms with Crippen molar-refractivity contribution in [1.82, 2.24) is 20.0 Å². The van der Waals surface area contributed by atoms with Crippen LogP contribution in [-0.4, -0.2) is 31.3 Å². The van der Waals surface area contributed by atoms with Gasteiger partial charge in [-0.15, -0.1) is 5.10 Å². The third kappa shape index (κ3) is 4.10. The summed E-state index contributed by atoms with van der Waals surface area (Å²) >= 11 is 0. The van der Waals surface area contributed by atoms with Crippen LogP contribution in [0, 0.1) is 24.1 Å². The van der Waals surface area contributed by atoms with Gasteiger partial charge in [0.15, 0.2) is 0 Å². The Kier molecular flexibility index (Phi) is 5.83. The average molecular weight is 469 g/mol. The molecular formula is C24H19F4N5O. The number of benzene rings is 2. The molecule has 0 amide bonds. The van der Waals surface area contributed by atoms with Crippen LogP contribution in [0.3, 0.4) is 0 Å². The molecule has 0 aliphatic rings. The molecule has 10 heteroatoms. The van der Waals surface area contributed by atoms with Gasteiger partial charge in [0.1, 0.15) is 23.3 Å². The zero-order valence-corrected chi connectivity index (χ0v) is 18.2. The lowest BCUT2D eigenvalue weighted by Gasteiger charge is -2.26. The lowest BCUT2D eigenvalue weighted by Crippen LogP contribution is -2.42. The van der Waals surface area contributed by atoms with Crippen molar-refractivity contribution in [3.63, 3.8) is 0 Å². The van der Waals surface area contributed by atoms with E-state index in [1.807, 2.05) is 6.07 Å². The molecule has 0 saturated heterocycles. The van der Waals surface area contributed by atoms with Crippen LogP contribution < -0.4 is 0 Å². The minimum absolute atomic E-state index is 0.0735. The molecule has 1 N–H and O–H groups in total. The summed E-state index contributed by atoms with van der Waals surface area (Å²) in [7, 11) is 0. The Morgan fingerprint density at radius 3 is 2.53 bits per heavy atom. The molecular weight excluding hydrogens is 450 g/mol. The molecule has 0 bridgehead atoms. The highest BCUT2D eigenvalue weighted by molar-refractivity contribution is 5.95. The Labute approximate surface area is 192 Å². The summed E-state index contributed by atoms with van der Waals surface area (Å²) in [5.74, 6) is -0.336. The largest absolute Gasteiger partial charge is 0.423 e. The number of rotatable bonds is 5. The average Bonchev–Trinajstić information content (AvgIpc) is 3.27. The van der Waals surface area contributed by atoms with E-state index in [1.165, 1.54) is 17.7 Å². The topological polar surface area (TPSA) is 87.6 Å². The van der Waals surface area contributed by atoms with Crippen LogP contribution in [0.15, 0.2) is 48.7 Å². The van der Waals surface area contributed by atoms with Crippen molar-refractivity contribution in [2.45, 2.75) is 38.6 Å². The smallest absolute Gasteiger partial charge is 0.375 e. The van der Waals surface area contributed by atoms with Crippen LogP contribution in [0.1, 0.15) is 35.9 Å². The molecule has 6 nitrogen and oxygen atoms in total. The predicted octanol–water partition coefficient (Wildman–Crippen LogP) is 5.02. The number of fused-ring (bicyclic) bond motifs is 1. The Hall–Kier alpha value is -3.84. The fourth-order valence-electron chi connectivity index (χ4n) is 3.76. The summed E-state index contributed by atoms with van der Waals surface area (Å²) < 4.78 is 54.9. The fourth-order valence-corrected chi connectivity index (χ4v) is 3.76. The molecule has 2 aromatic carbocycles. The predicted molar refractivity (Wildman–Crippen MR) is 116 cm³/mol. The summed E-state index contributed by atoms with van der Waals surface area (Å²) in [5.41, 5.74) is -0.454. The zero-order chi connectivity index (χ0) is 24.7. The Bertz CT molecular complexity index is 1420. The van der Waals surface area contributed by atoms with E-state index < -0.39 is 23.9 Å². The number of alkyl halides is 3. The Morgan fingerprint density at radius 1 is 1.12 bits per heavy atom. The number of aryl methyl sites for hydroxylation is 1. The van der Waals surface area contributed by atoms with E-state index in [-0.39, 0.29) is 18.1 Å². The normalized spacial score (nSPS) is 13.6. The number of halogens is 4. The molecule has 4 aromatic rings. The SMILES string of the molecule is CC[C@](O)(c1cn(Cc2ccc3c(-c4ccc(F)c(C)c4)cc(C#N)nc3c2)nn1)C(F)(F)F. The summed E-state index contributed by atoms with van der Waals surface area (Å²) in [5, 5.41) is 27.5. The van der Waals surface area contributed by atoms with Gasteiger partial charge in [0, 0.05) is 5.39 Å². The van der Waals surface area contributed by atoms with Gasteiger partial charge in [-0.1, -0.05) is 30.3 Å².